The number of H-pyrrole nitrogens is 1. The first kappa shape index (κ1) is 24.6. The molecular formula is C28H28Cl2N4O2. The van der Waals surface area contributed by atoms with Gasteiger partial charge in [-0.3, -0.25) is 9.78 Å². The van der Waals surface area contributed by atoms with Gasteiger partial charge in [-0.2, -0.15) is 0 Å². The monoisotopic (exact) mass is 522 g/mol. The Morgan fingerprint density at radius 1 is 1.08 bits per heavy atom. The van der Waals surface area contributed by atoms with E-state index in [1.165, 1.54) is 5.69 Å². The van der Waals surface area contributed by atoms with Crippen LogP contribution in [-0.2, 0) is 4.74 Å². The third-order valence-corrected chi connectivity index (χ3v) is 7.42. The zero-order chi connectivity index (χ0) is 24.9. The van der Waals surface area contributed by atoms with Crippen molar-refractivity contribution in [2.45, 2.75) is 18.9 Å². The van der Waals surface area contributed by atoms with Gasteiger partial charge >= 0.3 is 0 Å². The number of piperidine rings is 1. The maximum absolute atomic E-state index is 13.2. The van der Waals surface area contributed by atoms with E-state index in [1.807, 2.05) is 42.7 Å². The minimum Gasteiger partial charge on any atom is -0.379 e. The third-order valence-electron chi connectivity index (χ3n) is 6.76. The normalized spacial score (nSPS) is 15.2. The number of amides is 1. The average Bonchev–Trinajstić information content (AvgIpc) is 3.29. The van der Waals surface area contributed by atoms with E-state index in [4.69, 9.17) is 27.9 Å². The standard InChI is InChI=1S/C28H28Cl2N4O2/c29-24-4-2-1-3-22(24)27(33-28(35)20-5-6-23-25(30)16-32-26(23)15-20)18-36-17-19-9-13-34(14-10-19)21-7-11-31-12-8-21/h1-8,11-12,15-16,19,27,32H,9-10,13-14,17-18H2,(H,33,35). The molecule has 186 valence electrons. The highest BCUT2D eigenvalue weighted by Gasteiger charge is 2.22. The van der Waals surface area contributed by atoms with E-state index in [0.29, 0.717) is 34.7 Å². The first-order valence-electron chi connectivity index (χ1n) is 12.1. The fourth-order valence-corrected chi connectivity index (χ4v) is 5.19. The number of nitrogens with zero attached hydrogens (tertiary/aromatic N) is 2. The zero-order valence-corrected chi connectivity index (χ0v) is 21.3. The maximum Gasteiger partial charge on any atom is 0.251 e. The number of hydrogen-bond acceptors (Lipinski definition) is 4. The Bertz CT molecular complexity index is 1320. The van der Waals surface area contributed by atoms with E-state index < -0.39 is 0 Å². The van der Waals surface area contributed by atoms with Gasteiger partial charge in [0.05, 0.1) is 17.7 Å². The van der Waals surface area contributed by atoms with E-state index in [9.17, 15) is 4.79 Å². The Morgan fingerprint density at radius 3 is 2.64 bits per heavy atom. The summed E-state index contributed by atoms with van der Waals surface area (Å²) < 4.78 is 6.17. The molecule has 1 fully saturated rings. The van der Waals surface area contributed by atoms with Crippen molar-refractivity contribution in [3.05, 3.63) is 94.4 Å². The molecule has 5 rings (SSSR count). The molecule has 8 heteroatoms. The number of halogens is 2. The molecule has 2 N–H and O–H groups in total. The van der Waals surface area contributed by atoms with Crippen LogP contribution in [-0.4, -0.2) is 42.2 Å². The average molecular weight is 523 g/mol. The minimum atomic E-state index is -0.369. The van der Waals surface area contributed by atoms with Gasteiger partial charge in [-0.1, -0.05) is 47.5 Å². The number of carbonyl (C=O) groups is 1. The summed E-state index contributed by atoms with van der Waals surface area (Å²) in [7, 11) is 0. The number of aromatic amines is 1. The molecule has 1 aliphatic heterocycles. The van der Waals surface area contributed by atoms with Gasteiger partial charge in [0.1, 0.15) is 0 Å². The van der Waals surface area contributed by atoms with E-state index in [0.717, 1.165) is 42.4 Å². The molecular weight excluding hydrogens is 495 g/mol. The second kappa shape index (κ2) is 11.3. The minimum absolute atomic E-state index is 0.193. The predicted octanol–water partition coefficient (Wildman–Crippen LogP) is 6.27. The molecule has 2 aromatic carbocycles. The molecule has 2 aromatic heterocycles. The van der Waals surface area contributed by atoms with Gasteiger partial charge in [-0.25, -0.2) is 0 Å². The highest BCUT2D eigenvalue weighted by Crippen LogP contribution is 2.27. The van der Waals surface area contributed by atoms with Gasteiger partial charge < -0.3 is 19.9 Å². The van der Waals surface area contributed by atoms with E-state index in [1.54, 1.807) is 18.3 Å². The summed E-state index contributed by atoms with van der Waals surface area (Å²) in [5.74, 6) is 0.285. The highest BCUT2D eigenvalue weighted by atomic mass is 35.5. The molecule has 3 heterocycles. The van der Waals surface area contributed by atoms with Gasteiger partial charge in [0.15, 0.2) is 0 Å². The van der Waals surface area contributed by atoms with Crippen molar-refractivity contribution in [3.8, 4) is 0 Å². The molecule has 0 radical (unpaired) electrons. The van der Waals surface area contributed by atoms with Gasteiger partial charge in [-0.15, -0.1) is 0 Å². The summed E-state index contributed by atoms with van der Waals surface area (Å²) in [6.07, 6.45) is 7.50. The molecule has 0 aliphatic carbocycles. The summed E-state index contributed by atoms with van der Waals surface area (Å²) in [6.45, 7) is 2.98. The number of nitrogens with one attached hydrogen (secondary N) is 2. The Morgan fingerprint density at radius 2 is 1.86 bits per heavy atom. The smallest absolute Gasteiger partial charge is 0.251 e. The molecule has 0 spiro atoms. The van der Waals surface area contributed by atoms with E-state index in [2.05, 4.69) is 32.3 Å². The summed E-state index contributed by atoms with van der Waals surface area (Å²) in [6, 6.07) is 16.7. The number of hydrogen-bond donors (Lipinski definition) is 2. The number of carbonyl (C=O) groups excluding carboxylic acids is 1. The van der Waals surface area contributed by atoms with Crippen molar-refractivity contribution in [1.82, 2.24) is 15.3 Å². The molecule has 1 aliphatic rings. The van der Waals surface area contributed by atoms with E-state index >= 15 is 0 Å². The van der Waals surface area contributed by atoms with Gasteiger partial charge in [0.2, 0.25) is 0 Å². The lowest BCUT2D eigenvalue weighted by molar-refractivity contribution is 0.0670. The Kier molecular flexibility index (Phi) is 7.75. The number of ether oxygens (including phenoxy) is 1. The predicted molar refractivity (Wildman–Crippen MR) is 145 cm³/mol. The van der Waals surface area contributed by atoms with Crippen LogP contribution in [0.2, 0.25) is 10.0 Å². The lowest BCUT2D eigenvalue weighted by atomic mass is 9.97. The summed E-state index contributed by atoms with van der Waals surface area (Å²) in [4.78, 5) is 22.7. The third kappa shape index (κ3) is 5.67. The Labute approximate surface area is 220 Å². The molecule has 1 amide bonds. The largest absolute Gasteiger partial charge is 0.379 e. The fourth-order valence-electron chi connectivity index (χ4n) is 4.71. The van der Waals surface area contributed by atoms with Crippen molar-refractivity contribution in [2.75, 3.05) is 31.2 Å². The number of anilines is 1. The van der Waals surface area contributed by atoms with Gasteiger partial charge in [0.25, 0.3) is 5.91 Å². The topological polar surface area (TPSA) is 70.2 Å². The van der Waals surface area contributed by atoms with Crippen LogP contribution in [0.15, 0.2) is 73.2 Å². The van der Waals surface area contributed by atoms with Crippen molar-refractivity contribution in [1.29, 1.82) is 0 Å². The molecule has 0 saturated carbocycles. The molecule has 0 bridgehead atoms. The van der Waals surface area contributed by atoms with Crippen LogP contribution in [0.1, 0.15) is 34.8 Å². The maximum atomic E-state index is 13.2. The Hall–Kier alpha value is -3.06. The van der Waals surface area contributed by atoms with Gasteiger partial charge in [-0.05, 0) is 54.7 Å². The second-order valence-electron chi connectivity index (χ2n) is 9.12. The lowest BCUT2D eigenvalue weighted by Crippen LogP contribution is -2.36. The molecule has 6 nitrogen and oxygen atoms in total. The summed E-state index contributed by atoms with van der Waals surface area (Å²) in [5, 5.41) is 5.23. The first-order chi connectivity index (χ1) is 17.6. The van der Waals surface area contributed by atoms with Crippen LogP contribution in [0, 0.1) is 5.92 Å². The van der Waals surface area contributed by atoms with Crippen LogP contribution < -0.4 is 10.2 Å². The van der Waals surface area contributed by atoms with Gasteiger partial charge in [0, 0.05) is 65.5 Å². The fraction of sp³-hybridized carbons (Fsp3) is 0.286. The van der Waals surface area contributed by atoms with Crippen LogP contribution in [0.25, 0.3) is 10.9 Å². The van der Waals surface area contributed by atoms with Crippen molar-refractivity contribution >= 4 is 45.7 Å². The summed E-state index contributed by atoms with van der Waals surface area (Å²) in [5.41, 5.74) is 3.41. The molecule has 36 heavy (non-hydrogen) atoms. The molecule has 1 atom stereocenters. The van der Waals surface area contributed by atoms with Crippen LogP contribution in [0.4, 0.5) is 5.69 Å². The number of aromatic nitrogens is 2. The van der Waals surface area contributed by atoms with Crippen LogP contribution >= 0.6 is 23.2 Å². The molecule has 1 unspecified atom stereocenters. The van der Waals surface area contributed by atoms with Crippen LogP contribution in [0.3, 0.4) is 0 Å². The molecule has 1 saturated heterocycles. The Balaban J connectivity index is 1.21. The number of fused-ring (bicyclic) bond motifs is 1. The second-order valence-corrected chi connectivity index (χ2v) is 9.93. The van der Waals surface area contributed by atoms with Crippen molar-refractivity contribution < 1.29 is 9.53 Å². The first-order valence-corrected chi connectivity index (χ1v) is 12.9. The number of rotatable bonds is 8. The van der Waals surface area contributed by atoms with Crippen molar-refractivity contribution in [2.24, 2.45) is 5.92 Å². The zero-order valence-electron chi connectivity index (χ0n) is 19.8. The lowest BCUT2D eigenvalue weighted by Gasteiger charge is -2.33. The summed E-state index contributed by atoms with van der Waals surface area (Å²) >= 11 is 12.7. The van der Waals surface area contributed by atoms with Crippen molar-refractivity contribution in [3.63, 3.8) is 0 Å². The highest BCUT2D eigenvalue weighted by molar-refractivity contribution is 6.35. The number of benzene rings is 2. The SMILES string of the molecule is O=C(NC(COCC1CCN(c2ccncc2)CC1)c1ccccc1Cl)c1ccc2c(Cl)c[nH]c2c1. The van der Waals surface area contributed by atoms with E-state index in [-0.39, 0.29) is 11.9 Å². The quantitative estimate of drug-likeness (QED) is 0.286. The van der Waals surface area contributed by atoms with Crippen LogP contribution in [0.5, 0.6) is 0 Å². The molecule has 4 aromatic rings. The number of pyridine rings is 1.